The highest BCUT2D eigenvalue weighted by Crippen LogP contribution is 2.25. The van der Waals surface area contributed by atoms with Gasteiger partial charge in [-0.1, -0.05) is 37.3 Å². The van der Waals surface area contributed by atoms with Gasteiger partial charge in [-0.3, -0.25) is 4.79 Å². The number of halogens is 1. The summed E-state index contributed by atoms with van der Waals surface area (Å²) >= 11 is 0. The Morgan fingerprint density at radius 1 is 1.22 bits per heavy atom. The van der Waals surface area contributed by atoms with Crippen LogP contribution in [0, 0.1) is 17.8 Å². The Morgan fingerprint density at radius 3 is 2.63 bits per heavy atom. The summed E-state index contributed by atoms with van der Waals surface area (Å²) in [7, 11) is 0. The van der Waals surface area contributed by atoms with Gasteiger partial charge in [0.1, 0.15) is 0 Å². The SMILES string of the molecule is CC(CC(=O)N(Cc1ccccc1)CC1CCOCC1)C1CCCNC1.Cl. The Kier molecular flexibility index (Phi) is 9.60. The van der Waals surface area contributed by atoms with Crippen molar-refractivity contribution in [2.45, 2.75) is 45.6 Å². The lowest BCUT2D eigenvalue weighted by molar-refractivity contribution is -0.134. The maximum absolute atomic E-state index is 13.1. The van der Waals surface area contributed by atoms with Crippen molar-refractivity contribution < 1.29 is 9.53 Å². The van der Waals surface area contributed by atoms with E-state index in [9.17, 15) is 4.79 Å². The topological polar surface area (TPSA) is 41.6 Å². The number of carbonyl (C=O) groups excluding carboxylic acids is 1. The predicted octanol–water partition coefficient (Wildman–Crippen LogP) is 3.89. The van der Waals surface area contributed by atoms with E-state index in [1.807, 2.05) is 6.07 Å². The van der Waals surface area contributed by atoms with E-state index in [4.69, 9.17) is 4.74 Å². The van der Waals surface area contributed by atoms with Gasteiger partial charge in [-0.15, -0.1) is 12.4 Å². The fourth-order valence-electron chi connectivity index (χ4n) is 4.23. The summed E-state index contributed by atoms with van der Waals surface area (Å²) < 4.78 is 5.49. The maximum Gasteiger partial charge on any atom is 0.223 e. The normalized spacial score (nSPS) is 21.9. The Hall–Kier alpha value is -1.10. The predicted molar refractivity (Wildman–Crippen MR) is 112 cm³/mol. The summed E-state index contributed by atoms with van der Waals surface area (Å²) in [6.07, 6.45) is 5.29. The first-order valence-corrected chi connectivity index (χ1v) is 10.3. The minimum absolute atomic E-state index is 0. The first kappa shape index (κ1) is 22.2. The van der Waals surface area contributed by atoms with Crippen LogP contribution in [0.5, 0.6) is 0 Å². The van der Waals surface area contributed by atoms with Gasteiger partial charge in [-0.05, 0) is 62.1 Å². The number of carbonyl (C=O) groups is 1. The highest BCUT2D eigenvalue weighted by Gasteiger charge is 2.26. The number of hydrogen-bond donors (Lipinski definition) is 1. The van der Waals surface area contributed by atoms with Crippen LogP contribution >= 0.6 is 12.4 Å². The third-order valence-corrected chi connectivity index (χ3v) is 6.02. The smallest absolute Gasteiger partial charge is 0.223 e. The van der Waals surface area contributed by atoms with Gasteiger partial charge >= 0.3 is 0 Å². The number of amides is 1. The minimum atomic E-state index is 0. The van der Waals surface area contributed by atoms with E-state index in [1.165, 1.54) is 18.4 Å². The van der Waals surface area contributed by atoms with Gasteiger partial charge in [-0.2, -0.15) is 0 Å². The van der Waals surface area contributed by atoms with E-state index in [0.29, 0.717) is 30.1 Å². The molecule has 0 aromatic heterocycles. The van der Waals surface area contributed by atoms with Crippen LogP contribution in [0.25, 0.3) is 0 Å². The Labute approximate surface area is 170 Å². The number of piperidine rings is 1. The molecule has 2 aliphatic rings. The molecule has 1 N–H and O–H groups in total. The van der Waals surface area contributed by atoms with Crippen LogP contribution < -0.4 is 5.32 Å². The van der Waals surface area contributed by atoms with Crippen LogP contribution in [0.1, 0.15) is 44.6 Å². The van der Waals surface area contributed by atoms with Crippen molar-refractivity contribution in [3.05, 3.63) is 35.9 Å². The third-order valence-electron chi connectivity index (χ3n) is 6.02. The van der Waals surface area contributed by atoms with Crippen molar-refractivity contribution in [3.8, 4) is 0 Å². The lowest BCUT2D eigenvalue weighted by atomic mass is 9.85. The second kappa shape index (κ2) is 11.7. The van der Waals surface area contributed by atoms with Crippen molar-refractivity contribution in [2.75, 3.05) is 32.8 Å². The van der Waals surface area contributed by atoms with Gasteiger partial charge in [0.05, 0.1) is 0 Å². The van der Waals surface area contributed by atoms with Gasteiger partial charge in [-0.25, -0.2) is 0 Å². The van der Waals surface area contributed by atoms with Crippen LogP contribution in [0.2, 0.25) is 0 Å². The second-order valence-corrected chi connectivity index (χ2v) is 8.10. The summed E-state index contributed by atoms with van der Waals surface area (Å²) in [6, 6.07) is 10.4. The molecule has 4 nitrogen and oxygen atoms in total. The quantitative estimate of drug-likeness (QED) is 0.762. The summed E-state index contributed by atoms with van der Waals surface area (Å²) in [5.74, 6) is 1.97. The van der Waals surface area contributed by atoms with Crippen molar-refractivity contribution in [1.82, 2.24) is 10.2 Å². The van der Waals surface area contributed by atoms with Gasteiger partial charge in [0.15, 0.2) is 0 Å². The molecule has 1 aromatic rings. The summed E-state index contributed by atoms with van der Waals surface area (Å²) in [4.78, 5) is 15.3. The first-order chi connectivity index (χ1) is 12.7. The average Bonchev–Trinajstić information content (AvgIpc) is 2.69. The largest absolute Gasteiger partial charge is 0.381 e. The standard InChI is InChI=1S/C22H34N2O2.ClH/c1-18(21-8-5-11-23-15-21)14-22(25)24(16-19-6-3-2-4-7-19)17-20-9-12-26-13-10-20;/h2-4,6-7,18,20-21,23H,5,8-17H2,1H3;1H. The molecule has 1 amide bonds. The Bertz CT molecular complexity index is 543. The number of hydrogen-bond acceptors (Lipinski definition) is 3. The van der Waals surface area contributed by atoms with Crippen LogP contribution in [0.4, 0.5) is 0 Å². The van der Waals surface area contributed by atoms with Gasteiger partial charge in [0.2, 0.25) is 5.91 Å². The molecule has 1 aromatic carbocycles. The van der Waals surface area contributed by atoms with Crippen LogP contribution in [0.15, 0.2) is 30.3 Å². The van der Waals surface area contributed by atoms with E-state index in [-0.39, 0.29) is 12.4 Å². The third kappa shape index (κ3) is 7.10. The number of nitrogens with zero attached hydrogens (tertiary/aromatic N) is 1. The molecule has 5 heteroatoms. The average molecular weight is 395 g/mol. The van der Waals surface area contributed by atoms with Crippen molar-refractivity contribution in [1.29, 1.82) is 0 Å². The zero-order valence-electron chi connectivity index (χ0n) is 16.6. The van der Waals surface area contributed by atoms with Crippen molar-refractivity contribution in [3.63, 3.8) is 0 Å². The van der Waals surface area contributed by atoms with Crippen molar-refractivity contribution >= 4 is 18.3 Å². The van der Waals surface area contributed by atoms with Gasteiger partial charge < -0.3 is 15.0 Å². The summed E-state index contributed by atoms with van der Waals surface area (Å²) in [5, 5.41) is 3.48. The summed E-state index contributed by atoms with van der Waals surface area (Å²) in [5.41, 5.74) is 1.22. The molecule has 152 valence electrons. The molecule has 2 saturated heterocycles. The fourth-order valence-corrected chi connectivity index (χ4v) is 4.23. The van der Waals surface area contributed by atoms with Crippen molar-refractivity contribution in [2.24, 2.45) is 17.8 Å². The highest BCUT2D eigenvalue weighted by atomic mass is 35.5. The summed E-state index contributed by atoms with van der Waals surface area (Å²) in [6.45, 7) is 7.71. The number of ether oxygens (including phenoxy) is 1. The molecule has 2 heterocycles. The molecule has 2 atom stereocenters. The number of nitrogens with one attached hydrogen (secondary N) is 1. The van der Waals surface area contributed by atoms with E-state index in [0.717, 1.165) is 52.2 Å². The lowest BCUT2D eigenvalue weighted by Crippen LogP contribution is -2.39. The molecular formula is C22H35ClN2O2. The molecular weight excluding hydrogens is 360 g/mol. The van der Waals surface area contributed by atoms with Crippen LogP contribution in [0.3, 0.4) is 0 Å². The van der Waals surface area contributed by atoms with E-state index in [1.54, 1.807) is 0 Å². The molecule has 3 rings (SSSR count). The van der Waals surface area contributed by atoms with E-state index < -0.39 is 0 Å². The first-order valence-electron chi connectivity index (χ1n) is 10.3. The molecule has 27 heavy (non-hydrogen) atoms. The molecule has 0 spiro atoms. The number of benzene rings is 1. The second-order valence-electron chi connectivity index (χ2n) is 8.10. The fraction of sp³-hybridized carbons (Fsp3) is 0.682. The van der Waals surface area contributed by atoms with E-state index >= 15 is 0 Å². The highest BCUT2D eigenvalue weighted by molar-refractivity contribution is 5.85. The molecule has 2 fully saturated rings. The van der Waals surface area contributed by atoms with Crippen LogP contribution in [-0.2, 0) is 16.1 Å². The van der Waals surface area contributed by atoms with Gasteiger partial charge in [0.25, 0.3) is 0 Å². The molecule has 2 aliphatic heterocycles. The zero-order chi connectivity index (χ0) is 18.2. The Balaban J connectivity index is 0.00000261. The minimum Gasteiger partial charge on any atom is -0.381 e. The van der Waals surface area contributed by atoms with Crippen LogP contribution in [-0.4, -0.2) is 43.7 Å². The maximum atomic E-state index is 13.1. The molecule has 2 unspecified atom stereocenters. The Morgan fingerprint density at radius 2 is 1.96 bits per heavy atom. The molecule has 0 bridgehead atoms. The van der Waals surface area contributed by atoms with Gasteiger partial charge in [0, 0.05) is 32.7 Å². The molecule has 0 aliphatic carbocycles. The zero-order valence-corrected chi connectivity index (χ0v) is 17.4. The number of rotatable bonds is 7. The molecule has 0 radical (unpaired) electrons. The lowest BCUT2D eigenvalue weighted by Gasteiger charge is -2.33. The monoisotopic (exact) mass is 394 g/mol. The van der Waals surface area contributed by atoms with E-state index in [2.05, 4.69) is 41.4 Å². The molecule has 0 saturated carbocycles.